The Morgan fingerprint density at radius 3 is 2.35 bits per heavy atom. The molecule has 1 aliphatic heterocycles. The lowest BCUT2D eigenvalue weighted by Crippen LogP contribution is -2.33. The summed E-state index contributed by atoms with van der Waals surface area (Å²) in [6, 6.07) is 5.55. The van der Waals surface area contributed by atoms with Gasteiger partial charge in [0.25, 0.3) is 0 Å². The number of carbonyl (C=O) groups is 1. The van der Waals surface area contributed by atoms with Crippen molar-refractivity contribution in [2.24, 2.45) is 10.9 Å². The highest BCUT2D eigenvalue weighted by molar-refractivity contribution is 6.01. The predicted octanol–water partition coefficient (Wildman–Crippen LogP) is 5.33. The van der Waals surface area contributed by atoms with Crippen LogP contribution in [-0.4, -0.2) is 50.2 Å². The number of carbonyl (C=O) groups excluding carboxylic acids is 1. The van der Waals surface area contributed by atoms with Crippen molar-refractivity contribution in [2.45, 2.75) is 40.5 Å². The molecule has 2 rings (SSSR count). The summed E-state index contributed by atoms with van der Waals surface area (Å²) in [6.07, 6.45) is 10.3. The van der Waals surface area contributed by atoms with E-state index >= 15 is 0 Å². The van der Waals surface area contributed by atoms with Gasteiger partial charge in [0.05, 0.1) is 19.9 Å². The zero-order valence-corrected chi connectivity index (χ0v) is 19.8. The van der Waals surface area contributed by atoms with E-state index in [1.807, 2.05) is 31.2 Å². The van der Waals surface area contributed by atoms with Gasteiger partial charge in [-0.2, -0.15) is 0 Å². The molecule has 1 fully saturated rings. The molecule has 31 heavy (non-hydrogen) atoms. The van der Waals surface area contributed by atoms with Crippen molar-refractivity contribution in [2.75, 3.05) is 33.9 Å². The van der Waals surface area contributed by atoms with Gasteiger partial charge in [-0.15, -0.1) is 0 Å². The maximum Gasteiger partial charge on any atom is 0.161 e. The van der Waals surface area contributed by atoms with Gasteiger partial charge in [0, 0.05) is 17.4 Å². The molecule has 5 nitrogen and oxygen atoms in total. The fourth-order valence-electron chi connectivity index (χ4n) is 3.86. The van der Waals surface area contributed by atoms with E-state index in [4.69, 9.17) is 14.5 Å². The number of methoxy groups -OCH3 is 2. The molecule has 0 saturated carbocycles. The third kappa shape index (κ3) is 7.21. The second-order valence-corrected chi connectivity index (χ2v) is 7.79. The highest BCUT2D eigenvalue weighted by Gasteiger charge is 2.19. The van der Waals surface area contributed by atoms with E-state index in [1.165, 1.54) is 25.3 Å². The minimum Gasteiger partial charge on any atom is -0.493 e. The molecule has 1 aromatic rings. The van der Waals surface area contributed by atoms with Crippen LogP contribution in [0.2, 0.25) is 0 Å². The molecule has 1 aromatic carbocycles. The molecule has 0 aromatic heterocycles. The second-order valence-electron chi connectivity index (χ2n) is 7.79. The van der Waals surface area contributed by atoms with Crippen LogP contribution in [0, 0.1) is 5.92 Å². The number of ether oxygens (including phenoxy) is 2. The summed E-state index contributed by atoms with van der Waals surface area (Å²) < 4.78 is 10.7. The average molecular weight is 425 g/mol. The van der Waals surface area contributed by atoms with Crippen molar-refractivity contribution < 1.29 is 14.3 Å². The van der Waals surface area contributed by atoms with Crippen molar-refractivity contribution in [1.82, 2.24) is 4.90 Å². The SMILES string of the molecule is C\C=C(/C=C\C(C)=N/C(=C\C(C)=O)c1ccc(OC)c(OC)c1)C1CCN(CC)CC1. The van der Waals surface area contributed by atoms with Gasteiger partial charge in [-0.25, -0.2) is 0 Å². The monoisotopic (exact) mass is 424 g/mol. The van der Waals surface area contributed by atoms with Crippen LogP contribution in [0.25, 0.3) is 5.70 Å². The number of benzene rings is 1. The normalized spacial score (nSPS) is 17.3. The van der Waals surface area contributed by atoms with E-state index in [1.54, 1.807) is 20.3 Å². The molecule has 0 atom stereocenters. The number of likely N-dealkylation sites (tertiary alicyclic amines) is 1. The maximum atomic E-state index is 11.8. The molecule has 0 N–H and O–H groups in total. The van der Waals surface area contributed by atoms with Crippen LogP contribution < -0.4 is 9.47 Å². The van der Waals surface area contributed by atoms with Gasteiger partial charge >= 0.3 is 0 Å². The van der Waals surface area contributed by atoms with Crippen LogP contribution in [0.15, 0.2) is 53.1 Å². The van der Waals surface area contributed by atoms with Crippen molar-refractivity contribution in [3.8, 4) is 11.5 Å². The van der Waals surface area contributed by atoms with Crippen LogP contribution in [0.5, 0.6) is 11.5 Å². The van der Waals surface area contributed by atoms with Crippen LogP contribution in [0.4, 0.5) is 0 Å². The molecular formula is C26H36N2O3. The lowest BCUT2D eigenvalue weighted by Gasteiger charge is -2.31. The first-order valence-corrected chi connectivity index (χ1v) is 11.0. The summed E-state index contributed by atoms with van der Waals surface area (Å²) in [7, 11) is 3.19. The summed E-state index contributed by atoms with van der Waals surface area (Å²) in [5, 5.41) is 0. The molecule has 1 saturated heterocycles. The summed E-state index contributed by atoms with van der Waals surface area (Å²) in [5.41, 5.74) is 3.61. The van der Waals surface area contributed by atoms with E-state index in [-0.39, 0.29) is 5.78 Å². The maximum absolute atomic E-state index is 11.8. The van der Waals surface area contributed by atoms with Gasteiger partial charge in [-0.3, -0.25) is 9.79 Å². The number of ketones is 1. The number of nitrogens with zero attached hydrogens (tertiary/aromatic N) is 2. The number of hydrogen-bond acceptors (Lipinski definition) is 5. The lowest BCUT2D eigenvalue weighted by molar-refractivity contribution is -0.112. The molecule has 1 heterocycles. The molecule has 0 bridgehead atoms. The Labute approximate surface area is 187 Å². The highest BCUT2D eigenvalue weighted by atomic mass is 16.5. The Hall–Kier alpha value is -2.66. The Morgan fingerprint density at radius 2 is 1.81 bits per heavy atom. The quantitative estimate of drug-likeness (QED) is 0.305. The van der Waals surface area contributed by atoms with E-state index < -0.39 is 0 Å². The van der Waals surface area contributed by atoms with E-state index in [0.717, 1.165) is 30.9 Å². The summed E-state index contributed by atoms with van der Waals surface area (Å²) >= 11 is 0. The summed E-state index contributed by atoms with van der Waals surface area (Å²) in [4.78, 5) is 19.1. The molecule has 168 valence electrons. The fourth-order valence-corrected chi connectivity index (χ4v) is 3.86. The van der Waals surface area contributed by atoms with Crippen LogP contribution >= 0.6 is 0 Å². The minimum absolute atomic E-state index is 0.0536. The van der Waals surface area contributed by atoms with Gasteiger partial charge in [0.2, 0.25) is 0 Å². The van der Waals surface area contributed by atoms with Crippen molar-refractivity contribution in [3.63, 3.8) is 0 Å². The molecule has 0 spiro atoms. The number of aliphatic imine (C=N–C) groups is 1. The van der Waals surface area contributed by atoms with Gasteiger partial charge < -0.3 is 14.4 Å². The first-order chi connectivity index (χ1) is 14.9. The van der Waals surface area contributed by atoms with Crippen LogP contribution in [0.1, 0.15) is 46.1 Å². The molecule has 0 unspecified atom stereocenters. The topological polar surface area (TPSA) is 51.1 Å². The second kappa shape index (κ2) is 12.3. The Kier molecular flexibility index (Phi) is 9.73. The minimum atomic E-state index is -0.0536. The van der Waals surface area contributed by atoms with E-state index in [0.29, 0.717) is 23.1 Å². The summed E-state index contributed by atoms with van der Waals surface area (Å²) in [6.45, 7) is 11.2. The molecule has 0 aliphatic carbocycles. The van der Waals surface area contributed by atoms with Gasteiger partial charge in [-0.05, 0) is 89.0 Å². The molecule has 5 heteroatoms. The fraction of sp³-hybridized carbons (Fsp3) is 0.462. The number of rotatable bonds is 9. The Balaban J connectivity index is 2.23. The zero-order valence-electron chi connectivity index (χ0n) is 19.8. The van der Waals surface area contributed by atoms with Crippen LogP contribution in [-0.2, 0) is 4.79 Å². The number of piperidine rings is 1. The third-order valence-electron chi connectivity index (χ3n) is 5.67. The van der Waals surface area contributed by atoms with E-state index in [9.17, 15) is 4.79 Å². The smallest absolute Gasteiger partial charge is 0.161 e. The highest BCUT2D eigenvalue weighted by Crippen LogP contribution is 2.31. The number of hydrogen-bond donors (Lipinski definition) is 0. The number of allylic oxidation sites excluding steroid dienone is 5. The van der Waals surface area contributed by atoms with Gasteiger partial charge in [-0.1, -0.05) is 19.1 Å². The van der Waals surface area contributed by atoms with Gasteiger partial charge in [0.1, 0.15) is 0 Å². The Bertz CT molecular complexity index is 873. The largest absolute Gasteiger partial charge is 0.493 e. The van der Waals surface area contributed by atoms with Crippen molar-refractivity contribution in [1.29, 1.82) is 0 Å². The first-order valence-electron chi connectivity index (χ1n) is 11.0. The zero-order chi connectivity index (χ0) is 22.8. The van der Waals surface area contributed by atoms with Crippen molar-refractivity contribution >= 4 is 17.2 Å². The standard InChI is InChI=1S/C26H36N2O3/c1-7-21(22-13-15-28(8-2)16-14-22)10-9-19(3)27-24(17-20(4)29)23-11-12-25(30-5)26(18-23)31-6/h7,9-12,17-18,22H,8,13-16H2,1-6H3/b10-9-,21-7+,24-17-,27-19-. The molecular weight excluding hydrogens is 388 g/mol. The molecule has 0 radical (unpaired) electrons. The van der Waals surface area contributed by atoms with E-state index in [2.05, 4.69) is 30.9 Å². The van der Waals surface area contributed by atoms with Crippen molar-refractivity contribution in [3.05, 3.63) is 53.6 Å². The average Bonchev–Trinajstić information content (AvgIpc) is 2.78. The van der Waals surface area contributed by atoms with Gasteiger partial charge in [0.15, 0.2) is 17.3 Å². The Morgan fingerprint density at radius 1 is 1.13 bits per heavy atom. The molecule has 1 aliphatic rings. The predicted molar refractivity (Wildman–Crippen MR) is 129 cm³/mol. The summed E-state index contributed by atoms with van der Waals surface area (Å²) in [5.74, 6) is 1.78. The lowest BCUT2D eigenvalue weighted by atomic mass is 9.88. The first kappa shape index (κ1) is 24.6. The molecule has 0 amide bonds. The van der Waals surface area contributed by atoms with Crippen LogP contribution in [0.3, 0.4) is 0 Å². The third-order valence-corrected chi connectivity index (χ3v) is 5.67.